The Morgan fingerprint density at radius 1 is 0.763 bits per heavy atom. The van der Waals surface area contributed by atoms with E-state index >= 15 is 8.78 Å². The zero-order valence-electron chi connectivity index (χ0n) is 20.7. The molecule has 38 heavy (non-hydrogen) atoms. The lowest BCUT2D eigenvalue weighted by Crippen LogP contribution is -2.02. The van der Waals surface area contributed by atoms with Crippen LogP contribution in [0.1, 0.15) is 28.7 Å². The highest BCUT2D eigenvalue weighted by Gasteiger charge is 2.17. The predicted molar refractivity (Wildman–Crippen MR) is 144 cm³/mol. The number of benzene rings is 4. The molecule has 0 spiro atoms. The zero-order valence-corrected chi connectivity index (χ0v) is 20.7. The second-order valence-electron chi connectivity index (χ2n) is 9.27. The third-order valence-electron chi connectivity index (χ3n) is 6.59. The maximum absolute atomic E-state index is 15.1. The summed E-state index contributed by atoms with van der Waals surface area (Å²) >= 11 is 0. The van der Waals surface area contributed by atoms with Crippen LogP contribution in [0.5, 0.6) is 5.75 Å². The Bertz CT molecular complexity index is 1540. The van der Waals surface area contributed by atoms with E-state index in [0.717, 1.165) is 40.4 Å². The molecule has 0 fully saturated rings. The van der Waals surface area contributed by atoms with Crippen LogP contribution in [-0.2, 0) is 30.7 Å². The van der Waals surface area contributed by atoms with Crippen LogP contribution >= 0.6 is 0 Å². The third-order valence-corrected chi connectivity index (χ3v) is 6.59. The highest BCUT2D eigenvalue weighted by atomic mass is 19.1. The number of nitrogens with zero attached hydrogens (tertiary/aromatic N) is 1. The monoisotopic (exact) mass is 511 g/mol. The first-order valence-corrected chi connectivity index (χ1v) is 12.5. The van der Waals surface area contributed by atoms with E-state index in [-0.39, 0.29) is 13.0 Å². The number of halogens is 2. The average molecular weight is 512 g/mol. The maximum atomic E-state index is 15.1. The molecule has 0 unspecified atom stereocenters. The van der Waals surface area contributed by atoms with Crippen LogP contribution in [0.25, 0.3) is 16.6 Å². The molecule has 4 nitrogen and oxygen atoms in total. The molecule has 1 N–H and O–H groups in total. The standard InChI is InChI=1S/C32H27F2NO3/c33-28-18-26(19-29(34)32(28)38-21-24-9-5-2-6-10-24)35-20-25(14-11-22-7-3-1-4-8-22)27-17-23(12-15-30(27)35)13-16-31(36)37/h1-10,12,15,17-20H,11,13-14,16,21H2,(H,36,37). The molecule has 0 aliphatic carbocycles. The molecule has 0 atom stereocenters. The van der Waals surface area contributed by atoms with Gasteiger partial charge in [0.1, 0.15) is 6.61 Å². The molecule has 0 aliphatic rings. The molecule has 0 saturated carbocycles. The molecule has 1 heterocycles. The number of hydrogen-bond donors (Lipinski definition) is 1. The first-order chi connectivity index (χ1) is 18.5. The number of carbonyl (C=O) groups is 1. The van der Waals surface area contributed by atoms with E-state index in [2.05, 4.69) is 12.1 Å². The number of hydrogen-bond acceptors (Lipinski definition) is 2. The van der Waals surface area contributed by atoms with Crippen molar-refractivity contribution in [3.05, 3.63) is 131 Å². The molecule has 0 radical (unpaired) electrons. The fourth-order valence-electron chi connectivity index (χ4n) is 4.64. The van der Waals surface area contributed by atoms with Crippen LogP contribution in [0.15, 0.2) is 97.2 Å². The van der Waals surface area contributed by atoms with Gasteiger partial charge < -0.3 is 14.4 Å². The number of aromatic nitrogens is 1. The van der Waals surface area contributed by atoms with Crippen LogP contribution in [0, 0.1) is 11.6 Å². The number of carboxylic acids is 1. The maximum Gasteiger partial charge on any atom is 0.303 e. The Kier molecular flexibility index (Phi) is 7.50. The second-order valence-corrected chi connectivity index (χ2v) is 9.27. The molecule has 1 aromatic heterocycles. The molecule has 0 bridgehead atoms. The molecular weight excluding hydrogens is 484 g/mol. The number of carboxylic acid groups (broad SMARTS) is 1. The van der Waals surface area contributed by atoms with Gasteiger partial charge in [-0.25, -0.2) is 8.78 Å². The highest BCUT2D eigenvalue weighted by molar-refractivity contribution is 5.86. The normalized spacial score (nSPS) is 11.1. The first kappa shape index (κ1) is 25.2. The lowest BCUT2D eigenvalue weighted by molar-refractivity contribution is -0.136. The summed E-state index contributed by atoms with van der Waals surface area (Å²) in [7, 11) is 0. The molecule has 4 aromatic carbocycles. The Balaban J connectivity index is 1.48. The average Bonchev–Trinajstić information content (AvgIpc) is 3.29. The van der Waals surface area contributed by atoms with E-state index in [1.807, 2.05) is 72.9 Å². The summed E-state index contributed by atoms with van der Waals surface area (Å²) in [5.41, 5.74) is 5.07. The molecule has 192 valence electrons. The van der Waals surface area contributed by atoms with Gasteiger partial charge in [0.2, 0.25) is 0 Å². The smallest absolute Gasteiger partial charge is 0.303 e. The molecular formula is C32H27F2NO3. The van der Waals surface area contributed by atoms with Gasteiger partial charge in [-0.3, -0.25) is 4.79 Å². The topological polar surface area (TPSA) is 51.5 Å². The molecule has 0 amide bonds. The molecule has 0 aliphatic heterocycles. The molecule has 5 rings (SSSR count). The molecule has 6 heteroatoms. The largest absolute Gasteiger partial charge is 0.483 e. The molecule has 5 aromatic rings. The Labute approximate surface area is 219 Å². The third kappa shape index (κ3) is 5.75. The van der Waals surface area contributed by atoms with Crippen LogP contribution in [0.2, 0.25) is 0 Å². The number of ether oxygens (including phenoxy) is 1. The van der Waals surface area contributed by atoms with Gasteiger partial charge in [0.25, 0.3) is 0 Å². The van der Waals surface area contributed by atoms with Crippen LogP contribution in [-0.4, -0.2) is 15.6 Å². The second kappa shape index (κ2) is 11.3. The van der Waals surface area contributed by atoms with Crippen molar-refractivity contribution in [2.45, 2.75) is 32.3 Å². The summed E-state index contributed by atoms with van der Waals surface area (Å²) in [4.78, 5) is 11.1. The lowest BCUT2D eigenvalue weighted by atomic mass is 10.0. The van der Waals surface area contributed by atoms with Gasteiger partial charge in [-0.05, 0) is 53.6 Å². The van der Waals surface area contributed by atoms with Gasteiger partial charge in [-0.15, -0.1) is 0 Å². The van der Waals surface area contributed by atoms with Gasteiger partial charge in [-0.1, -0.05) is 66.7 Å². The van der Waals surface area contributed by atoms with Crippen molar-refractivity contribution in [3.63, 3.8) is 0 Å². The Hall–Kier alpha value is -4.45. The van der Waals surface area contributed by atoms with E-state index in [1.165, 1.54) is 17.7 Å². The SMILES string of the molecule is O=C(O)CCc1ccc2c(c1)c(CCc1ccccc1)cn2-c1cc(F)c(OCc2ccccc2)c(F)c1. The quantitative estimate of drug-likeness (QED) is 0.214. The van der Waals surface area contributed by atoms with Crippen molar-refractivity contribution in [1.29, 1.82) is 0 Å². The van der Waals surface area contributed by atoms with Gasteiger partial charge in [0.05, 0.1) is 11.2 Å². The summed E-state index contributed by atoms with van der Waals surface area (Å²) in [6, 6.07) is 27.6. The zero-order chi connectivity index (χ0) is 26.5. The first-order valence-electron chi connectivity index (χ1n) is 12.5. The van der Waals surface area contributed by atoms with Crippen molar-refractivity contribution in [1.82, 2.24) is 4.57 Å². The van der Waals surface area contributed by atoms with Crippen LogP contribution < -0.4 is 4.74 Å². The van der Waals surface area contributed by atoms with E-state index in [4.69, 9.17) is 9.84 Å². The summed E-state index contributed by atoms with van der Waals surface area (Å²) in [6.45, 7) is 0.0588. The lowest BCUT2D eigenvalue weighted by Gasteiger charge is -2.12. The van der Waals surface area contributed by atoms with Crippen LogP contribution in [0.3, 0.4) is 0 Å². The number of aliphatic carboxylic acids is 1. The fraction of sp³-hybridized carbons (Fsp3) is 0.156. The summed E-state index contributed by atoms with van der Waals surface area (Å²) < 4.78 is 37.4. The summed E-state index contributed by atoms with van der Waals surface area (Å²) in [5, 5.41) is 10.0. The minimum atomic E-state index is -0.854. The summed E-state index contributed by atoms with van der Waals surface area (Å²) in [6.07, 6.45) is 3.87. The minimum Gasteiger partial charge on any atom is -0.483 e. The van der Waals surface area contributed by atoms with Crippen molar-refractivity contribution in [2.24, 2.45) is 0 Å². The van der Waals surface area contributed by atoms with Crippen LogP contribution in [0.4, 0.5) is 8.78 Å². The van der Waals surface area contributed by atoms with Gasteiger partial charge in [0.15, 0.2) is 17.4 Å². The number of aryl methyl sites for hydroxylation is 3. The minimum absolute atomic E-state index is 0.0342. The Morgan fingerprint density at radius 3 is 2.08 bits per heavy atom. The van der Waals surface area contributed by atoms with Crippen molar-refractivity contribution >= 4 is 16.9 Å². The number of rotatable bonds is 10. The number of fused-ring (bicyclic) bond motifs is 1. The van der Waals surface area contributed by atoms with Gasteiger partial charge in [-0.2, -0.15) is 0 Å². The van der Waals surface area contributed by atoms with Crippen molar-refractivity contribution < 1.29 is 23.4 Å². The van der Waals surface area contributed by atoms with E-state index in [0.29, 0.717) is 12.1 Å². The van der Waals surface area contributed by atoms with E-state index < -0.39 is 23.4 Å². The van der Waals surface area contributed by atoms with E-state index in [9.17, 15) is 4.79 Å². The predicted octanol–water partition coefficient (Wildman–Crippen LogP) is 7.29. The van der Waals surface area contributed by atoms with Crippen molar-refractivity contribution in [3.8, 4) is 11.4 Å². The van der Waals surface area contributed by atoms with E-state index in [1.54, 1.807) is 4.57 Å². The van der Waals surface area contributed by atoms with Gasteiger partial charge >= 0.3 is 5.97 Å². The molecule has 0 saturated heterocycles. The fourth-order valence-corrected chi connectivity index (χ4v) is 4.64. The summed E-state index contributed by atoms with van der Waals surface area (Å²) in [5.74, 6) is -2.81. The Morgan fingerprint density at radius 2 is 1.42 bits per heavy atom. The van der Waals surface area contributed by atoms with Gasteiger partial charge in [0, 0.05) is 30.1 Å². The van der Waals surface area contributed by atoms with Crippen molar-refractivity contribution in [2.75, 3.05) is 0 Å². The highest BCUT2D eigenvalue weighted by Crippen LogP contribution is 2.31.